The summed E-state index contributed by atoms with van der Waals surface area (Å²) in [6, 6.07) is 0. The van der Waals surface area contributed by atoms with E-state index in [0.717, 1.165) is 12.8 Å². The zero-order chi connectivity index (χ0) is 13.5. The maximum absolute atomic E-state index is 11.6. The summed E-state index contributed by atoms with van der Waals surface area (Å²) in [5, 5.41) is 8.63. The second-order valence-corrected chi connectivity index (χ2v) is 5.96. The average Bonchev–Trinajstić information content (AvgIpc) is 2.57. The third-order valence-electron chi connectivity index (χ3n) is 2.83. The molecule has 0 aromatic rings. The van der Waals surface area contributed by atoms with E-state index in [4.69, 9.17) is 5.11 Å². The minimum absolute atomic E-state index is 0.0520. The first-order valence-corrected chi connectivity index (χ1v) is 7.04. The van der Waals surface area contributed by atoms with Crippen LogP contribution < -0.4 is 0 Å². The molecule has 0 aliphatic carbocycles. The first-order chi connectivity index (χ1) is 8.49. The van der Waals surface area contributed by atoms with Crippen LogP contribution in [0.4, 0.5) is 0 Å². The van der Waals surface area contributed by atoms with Crippen LogP contribution in [0, 0.1) is 0 Å². The highest BCUT2D eigenvalue weighted by molar-refractivity contribution is 8.14. The van der Waals surface area contributed by atoms with Gasteiger partial charge in [-0.3, -0.25) is 14.4 Å². The molecule has 1 fully saturated rings. The second-order valence-electron chi connectivity index (χ2n) is 4.48. The highest BCUT2D eigenvalue weighted by Crippen LogP contribution is 2.24. The number of rotatable bonds is 7. The van der Waals surface area contributed by atoms with Crippen molar-refractivity contribution in [1.82, 2.24) is 4.90 Å². The Morgan fingerprint density at radius 2 is 2.11 bits per heavy atom. The van der Waals surface area contributed by atoms with Crippen molar-refractivity contribution in [1.29, 1.82) is 0 Å². The van der Waals surface area contributed by atoms with Gasteiger partial charge >= 0.3 is 5.97 Å². The van der Waals surface area contributed by atoms with Crippen molar-refractivity contribution < 1.29 is 19.5 Å². The number of carbonyl (C=O) groups excluding carboxylic acids is 2. The van der Waals surface area contributed by atoms with Crippen LogP contribution >= 0.6 is 11.8 Å². The van der Waals surface area contributed by atoms with E-state index in [2.05, 4.69) is 0 Å². The summed E-state index contributed by atoms with van der Waals surface area (Å²) in [5.74, 6) is -0.669. The van der Waals surface area contributed by atoms with E-state index < -0.39 is 5.97 Å². The molecule has 0 radical (unpaired) electrons. The molecule has 102 valence electrons. The summed E-state index contributed by atoms with van der Waals surface area (Å²) in [6.07, 6.45) is 2.94. The zero-order valence-corrected chi connectivity index (χ0v) is 11.4. The Kier molecular flexibility index (Phi) is 6.18. The SMILES string of the molecule is CC(=O)SC1CC(=O)N(CCCCCC(=O)O)C1. The van der Waals surface area contributed by atoms with E-state index in [-0.39, 0.29) is 22.7 Å². The Bertz CT molecular complexity index is 332. The van der Waals surface area contributed by atoms with E-state index in [9.17, 15) is 14.4 Å². The van der Waals surface area contributed by atoms with Gasteiger partial charge in [-0.25, -0.2) is 0 Å². The van der Waals surface area contributed by atoms with Gasteiger partial charge in [0.2, 0.25) is 5.91 Å². The predicted octanol–water partition coefficient (Wildman–Crippen LogP) is 1.51. The number of carbonyl (C=O) groups is 3. The highest BCUT2D eigenvalue weighted by Gasteiger charge is 2.30. The van der Waals surface area contributed by atoms with Gasteiger partial charge in [0.25, 0.3) is 0 Å². The standard InChI is InChI=1S/C12H19NO4S/c1-9(14)18-10-7-11(15)13(8-10)6-4-2-3-5-12(16)17/h10H,2-8H2,1H3,(H,16,17). The lowest BCUT2D eigenvalue weighted by atomic mass is 10.2. The zero-order valence-electron chi connectivity index (χ0n) is 10.6. The molecule has 1 N–H and O–H groups in total. The van der Waals surface area contributed by atoms with Gasteiger partial charge in [0.15, 0.2) is 5.12 Å². The van der Waals surface area contributed by atoms with E-state index in [0.29, 0.717) is 25.9 Å². The summed E-state index contributed by atoms with van der Waals surface area (Å²) >= 11 is 1.24. The third kappa shape index (κ3) is 5.53. The number of unbranched alkanes of at least 4 members (excludes halogenated alkanes) is 2. The molecule has 6 heteroatoms. The molecule has 18 heavy (non-hydrogen) atoms. The summed E-state index contributed by atoms with van der Waals surface area (Å²) in [5.41, 5.74) is 0. The van der Waals surface area contributed by atoms with Gasteiger partial charge in [0.05, 0.1) is 0 Å². The van der Waals surface area contributed by atoms with Crippen molar-refractivity contribution in [2.75, 3.05) is 13.1 Å². The number of carboxylic acid groups (broad SMARTS) is 1. The smallest absolute Gasteiger partial charge is 0.303 e. The van der Waals surface area contributed by atoms with Gasteiger partial charge in [-0.1, -0.05) is 18.2 Å². The first-order valence-electron chi connectivity index (χ1n) is 6.16. The lowest BCUT2D eigenvalue weighted by Gasteiger charge is -2.15. The molecule has 0 aromatic heterocycles. The number of thioether (sulfide) groups is 1. The summed E-state index contributed by atoms with van der Waals surface area (Å²) in [6.45, 7) is 2.83. The van der Waals surface area contributed by atoms with Crippen LogP contribution in [0.15, 0.2) is 0 Å². The quantitative estimate of drug-likeness (QED) is 0.712. The summed E-state index contributed by atoms with van der Waals surface area (Å²) < 4.78 is 0. The molecule has 0 aromatic carbocycles. The Hall–Kier alpha value is -1.04. The minimum Gasteiger partial charge on any atom is -0.481 e. The van der Waals surface area contributed by atoms with E-state index in [1.165, 1.54) is 18.7 Å². The fourth-order valence-electron chi connectivity index (χ4n) is 2.02. The molecule has 0 saturated carbocycles. The fourth-order valence-corrected chi connectivity index (χ4v) is 2.97. The largest absolute Gasteiger partial charge is 0.481 e. The summed E-state index contributed by atoms with van der Waals surface area (Å²) in [7, 11) is 0. The van der Waals surface area contributed by atoms with Gasteiger partial charge in [-0.15, -0.1) is 0 Å². The Balaban J connectivity index is 2.17. The minimum atomic E-state index is -0.773. The number of hydrogen-bond acceptors (Lipinski definition) is 4. The maximum atomic E-state index is 11.6. The van der Waals surface area contributed by atoms with Crippen molar-refractivity contribution in [2.24, 2.45) is 0 Å². The molecule has 5 nitrogen and oxygen atoms in total. The van der Waals surface area contributed by atoms with Gasteiger partial charge in [-0.2, -0.15) is 0 Å². The maximum Gasteiger partial charge on any atom is 0.303 e. The molecular weight excluding hydrogens is 254 g/mol. The lowest BCUT2D eigenvalue weighted by Crippen LogP contribution is -2.26. The molecule has 1 atom stereocenters. The van der Waals surface area contributed by atoms with Crippen LogP contribution in [-0.4, -0.2) is 45.3 Å². The monoisotopic (exact) mass is 273 g/mol. The highest BCUT2D eigenvalue weighted by atomic mass is 32.2. The number of nitrogens with zero attached hydrogens (tertiary/aromatic N) is 1. The Labute approximate surface area is 111 Å². The molecule has 1 aliphatic heterocycles. The van der Waals surface area contributed by atoms with Crippen LogP contribution in [0.25, 0.3) is 0 Å². The van der Waals surface area contributed by atoms with Gasteiger partial charge in [-0.05, 0) is 12.8 Å². The molecule has 1 amide bonds. The molecule has 0 spiro atoms. The van der Waals surface area contributed by atoms with Crippen molar-refractivity contribution in [3.05, 3.63) is 0 Å². The average molecular weight is 273 g/mol. The first kappa shape index (κ1) is 15.0. The number of likely N-dealkylation sites (tertiary alicyclic amines) is 1. The number of amides is 1. The Morgan fingerprint density at radius 1 is 1.39 bits per heavy atom. The normalized spacial score (nSPS) is 19.3. The van der Waals surface area contributed by atoms with Crippen molar-refractivity contribution >= 4 is 28.8 Å². The Morgan fingerprint density at radius 3 is 2.72 bits per heavy atom. The molecule has 1 rings (SSSR count). The lowest BCUT2D eigenvalue weighted by molar-refractivity contribution is -0.137. The molecular formula is C12H19NO4S. The molecule has 0 bridgehead atoms. The van der Waals surface area contributed by atoms with Gasteiger partial charge in [0.1, 0.15) is 0 Å². The van der Waals surface area contributed by atoms with E-state index in [1.807, 2.05) is 0 Å². The van der Waals surface area contributed by atoms with Gasteiger partial charge < -0.3 is 10.0 Å². The van der Waals surface area contributed by atoms with Crippen LogP contribution in [-0.2, 0) is 14.4 Å². The topological polar surface area (TPSA) is 74.7 Å². The van der Waals surface area contributed by atoms with Crippen LogP contribution in [0.5, 0.6) is 0 Å². The van der Waals surface area contributed by atoms with Crippen LogP contribution in [0.3, 0.4) is 0 Å². The number of aliphatic carboxylic acids is 1. The number of hydrogen-bond donors (Lipinski definition) is 1. The van der Waals surface area contributed by atoms with Crippen molar-refractivity contribution in [3.63, 3.8) is 0 Å². The molecule has 1 unspecified atom stereocenters. The van der Waals surface area contributed by atoms with Crippen molar-refractivity contribution in [2.45, 2.75) is 44.3 Å². The van der Waals surface area contributed by atoms with E-state index in [1.54, 1.807) is 4.90 Å². The third-order valence-corrected chi connectivity index (χ3v) is 3.81. The van der Waals surface area contributed by atoms with Crippen molar-refractivity contribution in [3.8, 4) is 0 Å². The van der Waals surface area contributed by atoms with Crippen LogP contribution in [0.2, 0.25) is 0 Å². The second kappa shape index (κ2) is 7.41. The predicted molar refractivity (Wildman–Crippen MR) is 69.4 cm³/mol. The van der Waals surface area contributed by atoms with E-state index >= 15 is 0 Å². The molecule has 1 aliphatic rings. The molecule has 1 saturated heterocycles. The number of carboxylic acids is 1. The summed E-state index contributed by atoms with van der Waals surface area (Å²) in [4.78, 5) is 34.7. The fraction of sp³-hybridized carbons (Fsp3) is 0.750. The van der Waals surface area contributed by atoms with Gasteiger partial charge in [0, 0.05) is 38.1 Å². The molecule has 1 heterocycles. The van der Waals surface area contributed by atoms with Crippen LogP contribution in [0.1, 0.15) is 39.0 Å².